The minimum Gasteiger partial charge on any atom is -0.444 e. The van der Waals surface area contributed by atoms with Gasteiger partial charge >= 0.3 is 0 Å². The summed E-state index contributed by atoms with van der Waals surface area (Å²) in [4.78, 5) is 16.2. The maximum Gasteiger partial charge on any atom is 0.226 e. The molecule has 3 rings (SSSR count). The highest BCUT2D eigenvalue weighted by Crippen LogP contribution is 2.19. The van der Waals surface area contributed by atoms with Crippen molar-refractivity contribution in [1.29, 1.82) is 0 Å². The van der Waals surface area contributed by atoms with Gasteiger partial charge in [0.2, 0.25) is 11.8 Å². The molecule has 0 bridgehead atoms. The van der Waals surface area contributed by atoms with E-state index in [0.717, 1.165) is 11.3 Å². The first-order valence-electron chi connectivity index (χ1n) is 7.72. The standard InChI is InChI=1S/C17H20N2O4/c1-12-2-4-13(5-3-12)17-19-14(11-23-17)6-7-18-15(20)10-16-21-8-9-22-16/h2-5,11,16H,6-10H2,1H3,(H,18,20). The third-order valence-electron chi connectivity index (χ3n) is 3.60. The molecule has 1 aromatic carbocycles. The van der Waals surface area contributed by atoms with Crippen molar-refractivity contribution in [1.82, 2.24) is 10.3 Å². The molecule has 0 unspecified atom stereocenters. The Kier molecular flexibility index (Phi) is 5.05. The van der Waals surface area contributed by atoms with Crippen LogP contribution in [0.5, 0.6) is 0 Å². The van der Waals surface area contributed by atoms with Crippen LogP contribution in [-0.2, 0) is 20.7 Å². The van der Waals surface area contributed by atoms with E-state index in [4.69, 9.17) is 13.9 Å². The van der Waals surface area contributed by atoms with Crippen LogP contribution in [0.2, 0.25) is 0 Å². The second-order valence-electron chi connectivity index (χ2n) is 5.49. The number of aromatic nitrogens is 1. The predicted molar refractivity (Wildman–Crippen MR) is 83.7 cm³/mol. The van der Waals surface area contributed by atoms with Gasteiger partial charge in [-0.1, -0.05) is 17.7 Å². The lowest BCUT2D eigenvalue weighted by Gasteiger charge is -2.08. The molecular weight excluding hydrogens is 296 g/mol. The molecule has 1 saturated heterocycles. The lowest BCUT2D eigenvalue weighted by molar-refractivity contribution is -0.129. The number of hydrogen-bond acceptors (Lipinski definition) is 5. The molecule has 0 spiro atoms. The summed E-state index contributed by atoms with van der Waals surface area (Å²) in [5, 5.41) is 2.83. The Hall–Kier alpha value is -2.18. The van der Waals surface area contributed by atoms with Crippen LogP contribution in [0, 0.1) is 6.92 Å². The Morgan fingerprint density at radius 3 is 2.74 bits per heavy atom. The summed E-state index contributed by atoms with van der Waals surface area (Å²) >= 11 is 0. The van der Waals surface area contributed by atoms with Gasteiger partial charge in [-0.05, 0) is 19.1 Å². The third kappa shape index (κ3) is 4.40. The number of ether oxygens (including phenoxy) is 2. The fourth-order valence-corrected chi connectivity index (χ4v) is 2.33. The first kappa shape index (κ1) is 15.7. The smallest absolute Gasteiger partial charge is 0.226 e. The second-order valence-corrected chi connectivity index (χ2v) is 5.49. The highest BCUT2D eigenvalue weighted by atomic mass is 16.7. The number of aryl methyl sites for hydroxylation is 1. The third-order valence-corrected chi connectivity index (χ3v) is 3.60. The van der Waals surface area contributed by atoms with Crippen LogP contribution in [0.25, 0.3) is 11.5 Å². The number of amides is 1. The van der Waals surface area contributed by atoms with Crippen LogP contribution in [0.4, 0.5) is 0 Å². The van der Waals surface area contributed by atoms with Crippen LogP contribution in [0.1, 0.15) is 17.7 Å². The van der Waals surface area contributed by atoms with Gasteiger partial charge in [0.05, 0.1) is 25.3 Å². The summed E-state index contributed by atoms with van der Waals surface area (Å²) in [5.41, 5.74) is 2.95. The number of oxazole rings is 1. The molecule has 1 fully saturated rings. The molecule has 122 valence electrons. The van der Waals surface area contributed by atoms with Crippen molar-refractivity contribution in [3.63, 3.8) is 0 Å². The monoisotopic (exact) mass is 316 g/mol. The van der Waals surface area contributed by atoms with Crippen LogP contribution < -0.4 is 5.32 Å². The molecule has 1 amide bonds. The lowest BCUT2D eigenvalue weighted by Crippen LogP contribution is -2.29. The molecule has 6 heteroatoms. The highest BCUT2D eigenvalue weighted by molar-refractivity contribution is 5.76. The van der Waals surface area contributed by atoms with Gasteiger partial charge in [0.1, 0.15) is 6.26 Å². The maximum absolute atomic E-state index is 11.7. The van der Waals surface area contributed by atoms with Gasteiger partial charge in [0, 0.05) is 18.5 Å². The number of carbonyl (C=O) groups is 1. The molecule has 6 nitrogen and oxygen atoms in total. The van der Waals surface area contributed by atoms with E-state index < -0.39 is 6.29 Å². The van der Waals surface area contributed by atoms with Gasteiger partial charge in [0.25, 0.3) is 0 Å². The normalized spacial score (nSPS) is 15.0. The van der Waals surface area contributed by atoms with Gasteiger partial charge in [-0.2, -0.15) is 0 Å². The fraction of sp³-hybridized carbons (Fsp3) is 0.412. The Bertz CT molecular complexity index is 645. The summed E-state index contributed by atoms with van der Waals surface area (Å²) in [6, 6.07) is 8.00. The zero-order chi connectivity index (χ0) is 16.1. The number of benzene rings is 1. The summed E-state index contributed by atoms with van der Waals surface area (Å²) in [6.45, 7) is 3.65. The molecule has 1 N–H and O–H groups in total. The maximum atomic E-state index is 11.7. The van der Waals surface area contributed by atoms with Crippen LogP contribution in [0.3, 0.4) is 0 Å². The number of rotatable bonds is 6. The molecular formula is C17H20N2O4. The van der Waals surface area contributed by atoms with Crippen molar-refractivity contribution in [3.05, 3.63) is 41.8 Å². The molecule has 1 aliphatic rings. The molecule has 2 aromatic rings. The van der Waals surface area contributed by atoms with Gasteiger partial charge < -0.3 is 19.2 Å². The summed E-state index contributed by atoms with van der Waals surface area (Å²) < 4.78 is 16.0. The zero-order valence-corrected chi connectivity index (χ0v) is 13.1. The number of nitrogens with one attached hydrogen (secondary N) is 1. The SMILES string of the molecule is Cc1ccc(-c2nc(CCNC(=O)CC3OCCO3)co2)cc1. The van der Waals surface area contributed by atoms with Crippen molar-refractivity contribution < 1.29 is 18.7 Å². The van der Waals surface area contributed by atoms with Crippen LogP contribution in [-0.4, -0.2) is 36.9 Å². The van der Waals surface area contributed by atoms with Crippen molar-refractivity contribution in [2.75, 3.05) is 19.8 Å². The minimum atomic E-state index is -0.407. The van der Waals surface area contributed by atoms with E-state index in [0.29, 0.717) is 32.1 Å². The second kappa shape index (κ2) is 7.39. The summed E-state index contributed by atoms with van der Waals surface area (Å²) in [5.74, 6) is 0.512. The first-order chi connectivity index (χ1) is 11.2. The Morgan fingerprint density at radius 1 is 1.26 bits per heavy atom. The largest absolute Gasteiger partial charge is 0.444 e. The zero-order valence-electron chi connectivity index (χ0n) is 13.1. The van der Waals surface area contributed by atoms with E-state index in [1.165, 1.54) is 5.56 Å². The van der Waals surface area contributed by atoms with E-state index in [1.54, 1.807) is 6.26 Å². The molecule has 1 aromatic heterocycles. The Labute approximate surface area is 134 Å². The van der Waals surface area contributed by atoms with E-state index in [-0.39, 0.29) is 12.3 Å². The van der Waals surface area contributed by atoms with Crippen molar-refractivity contribution in [2.45, 2.75) is 26.1 Å². The average molecular weight is 316 g/mol. The Morgan fingerprint density at radius 2 is 2.00 bits per heavy atom. The van der Waals surface area contributed by atoms with Gasteiger partial charge in [0.15, 0.2) is 6.29 Å². The van der Waals surface area contributed by atoms with E-state index in [2.05, 4.69) is 10.3 Å². The van der Waals surface area contributed by atoms with E-state index in [9.17, 15) is 4.79 Å². The molecule has 0 atom stereocenters. The predicted octanol–water partition coefficient (Wildman–Crippen LogP) is 2.07. The quantitative estimate of drug-likeness (QED) is 0.883. The lowest BCUT2D eigenvalue weighted by atomic mass is 10.1. The van der Waals surface area contributed by atoms with Gasteiger partial charge in [-0.3, -0.25) is 4.79 Å². The molecule has 23 heavy (non-hydrogen) atoms. The van der Waals surface area contributed by atoms with Crippen molar-refractivity contribution in [2.24, 2.45) is 0 Å². The van der Waals surface area contributed by atoms with Crippen LogP contribution in [0.15, 0.2) is 34.9 Å². The van der Waals surface area contributed by atoms with Crippen molar-refractivity contribution in [3.8, 4) is 11.5 Å². The number of carbonyl (C=O) groups excluding carboxylic acids is 1. The van der Waals surface area contributed by atoms with Gasteiger partial charge in [-0.25, -0.2) is 4.98 Å². The highest BCUT2D eigenvalue weighted by Gasteiger charge is 2.19. The molecule has 0 aliphatic carbocycles. The summed E-state index contributed by atoms with van der Waals surface area (Å²) in [6.07, 6.45) is 2.07. The average Bonchev–Trinajstić information content (AvgIpc) is 3.20. The molecule has 0 radical (unpaired) electrons. The number of nitrogens with zero attached hydrogens (tertiary/aromatic N) is 1. The summed E-state index contributed by atoms with van der Waals surface area (Å²) in [7, 11) is 0. The van der Waals surface area contributed by atoms with E-state index in [1.807, 2.05) is 31.2 Å². The molecule has 0 saturated carbocycles. The van der Waals surface area contributed by atoms with Crippen molar-refractivity contribution >= 4 is 5.91 Å². The first-order valence-corrected chi connectivity index (χ1v) is 7.72. The van der Waals surface area contributed by atoms with Gasteiger partial charge in [-0.15, -0.1) is 0 Å². The Balaban J connectivity index is 1.45. The minimum absolute atomic E-state index is 0.0841. The molecule has 1 aliphatic heterocycles. The van der Waals surface area contributed by atoms with E-state index >= 15 is 0 Å². The van der Waals surface area contributed by atoms with Crippen LogP contribution >= 0.6 is 0 Å². The fourth-order valence-electron chi connectivity index (χ4n) is 2.33. The molecule has 2 heterocycles. The number of hydrogen-bond donors (Lipinski definition) is 1. The topological polar surface area (TPSA) is 73.6 Å².